The molecular formula is C4H12O4Pb. The van der Waals surface area contributed by atoms with Crippen LogP contribution in [0.25, 0.3) is 0 Å². The standard InChI is InChI=1S/4CH3O.Pb/c4*1-2;/h4*1H3;/q4*-1;+4. The third-order valence-electron chi connectivity index (χ3n) is 1.00. The van der Waals surface area contributed by atoms with Gasteiger partial charge in [-0.1, -0.05) is 0 Å². The van der Waals surface area contributed by atoms with Crippen molar-refractivity contribution in [1.29, 1.82) is 0 Å². The fourth-order valence-electron chi connectivity index (χ4n) is 0.500. The number of rotatable bonds is 4. The van der Waals surface area contributed by atoms with Crippen molar-refractivity contribution in [1.82, 2.24) is 0 Å². The molecular weight excluding hydrogens is 319 g/mol. The molecule has 0 saturated heterocycles. The van der Waals surface area contributed by atoms with Gasteiger partial charge in [0.1, 0.15) is 0 Å². The first-order chi connectivity index (χ1) is 4.24. The number of hydrogen-bond donors (Lipinski definition) is 0. The van der Waals surface area contributed by atoms with E-state index < -0.39 is 23.0 Å². The molecule has 0 amide bonds. The molecule has 0 aliphatic carbocycles. The SMILES string of the molecule is C[O][Pb]([O]C)([O]C)[O]C. The molecule has 0 spiro atoms. The third kappa shape index (κ3) is 2.46. The summed E-state index contributed by atoms with van der Waals surface area (Å²) in [6.07, 6.45) is 0. The summed E-state index contributed by atoms with van der Waals surface area (Å²) in [5.74, 6) is 0. The van der Waals surface area contributed by atoms with Crippen molar-refractivity contribution < 1.29 is 10.7 Å². The van der Waals surface area contributed by atoms with Crippen LogP contribution in [-0.4, -0.2) is 51.4 Å². The first kappa shape index (κ1) is 9.76. The van der Waals surface area contributed by atoms with E-state index in [0.29, 0.717) is 0 Å². The van der Waals surface area contributed by atoms with Crippen LogP contribution in [0.3, 0.4) is 0 Å². The first-order valence-electron chi connectivity index (χ1n) is 2.45. The molecule has 0 aromatic heterocycles. The van der Waals surface area contributed by atoms with Crippen LogP contribution < -0.4 is 0 Å². The van der Waals surface area contributed by atoms with Gasteiger partial charge in [0.05, 0.1) is 0 Å². The summed E-state index contributed by atoms with van der Waals surface area (Å²) in [4.78, 5) is 0. The van der Waals surface area contributed by atoms with E-state index in [0.717, 1.165) is 0 Å². The topological polar surface area (TPSA) is 36.9 Å². The molecule has 0 rings (SSSR count). The van der Waals surface area contributed by atoms with Crippen molar-refractivity contribution in [3.05, 3.63) is 0 Å². The summed E-state index contributed by atoms with van der Waals surface area (Å²) in [7, 11) is 6.10. The van der Waals surface area contributed by atoms with E-state index in [1.807, 2.05) is 0 Å². The first-order valence-corrected chi connectivity index (χ1v) is 8.80. The Morgan fingerprint density at radius 1 is 0.667 bits per heavy atom. The van der Waals surface area contributed by atoms with Gasteiger partial charge in [0.2, 0.25) is 0 Å². The van der Waals surface area contributed by atoms with E-state index in [-0.39, 0.29) is 0 Å². The monoisotopic (exact) mass is 332 g/mol. The predicted molar refractivity (Wildman–Crippen MR) is 33.8 cm³/mol. The zero-order valence-electron chi connectivity index (χ0n) is 6.13. The van der Waals surface area contributed by atoms with Crippen LogP contribution in [0.1, 0.15) is 0 Å². The molecule has 0 fully saturated rings. The molecule has 9 heavy (non-hydrogen) atoms. The van der Waals surface area contributed by atoms with Crippen LogP contribution in [-0.2, 0) is 10.7 Å². The normalized spacial score (nSPS) is 12.0. The molecule has 0 saturated carbocycles. The molecule has 0 unspecified atom stereocenters. The fraction of sp³-hybridized carbons (Fsp3) is 1.00. The van der Waals surface area contributed by atoms with Gasteiger partial charge in [0.15, 0.2) is 0 Å². The minimum absolute atomic E-state index is 1.53. The van der Waals surface area contributed by atoms with Gasteiger partial charge < -0.3 is 0 Å². The molecule has 0 radical (unpaired) electrons. The molecule has 0 atom stereocenters. The maximum atomic E-state index is 4.94. The zero-order valence-corrected chi connectivity index (χ0v) is 10.0. The second kappa shape index (κ2) is 4.56. The Hall–Kier alpha value is 0.762. The Balaban J connectivity index is 3.82. The van der Waals surface area contributed by atoms with Crippen LogP contribution in [0.15, 0.2) is 0 Å². The van der Waals surface area contributed by atoms with E-state index >= 15 is 0 Å². The Kier molecular flexibility index (Phi) is 4.94. The molecule has 0 aromatic carbocycles. The van der Waals surface area contributed by atoms with Crippen molar-refractivity contribution in [3.8, 4) is 0 Å². The van der Waals surface area contributed by atoms with E-state index in [1.165, 1.54) is 28.4 Å². The van der Waals surface area contributed by atoms with Gasteiger partial charge in [-0.05, 0) is 0 Å². The molecule has 4 nitrogen and oxygen atoms in total. The van der Waals surface area contributed by atoms with E-state index in [4.69, 9.17) is 10.7 Å². The molecule has 0 N–H and O–H groups in total. The van der Waals surface area contributed by atoms with Crippen molar-refractivity contribution in [2.24, 2.45) is 0 Å². The second-order valence-electron chi connectivity index (χ2n) is 1.32. The van der Waals surface area contributed by atoms with E-state index in [2.05, 4.69) is 0 Å². The van der Waals surface area contributed by atoms with Crippen LogP contribution in [0, 0.1) is 0 Å². The van der Waals surface area contributed by atoms with E-state index in [9.17, 15) is 0 Å². The average Bonchev–Trinajstić information content (AvgIpc) is 1.95. The van der Waals surface area contributed by atoms with Crippen molar-refractivity contribution in [2.45, 2.75) is 0 Å². The summed E-state index contributed by atoms with van der Waals surface area (Å²) in [5, 5.41) is 0. The Morgan fingerprint density at radius 3 is 0.889 bits per heavy atom. The summed E-state index contributed by atoms with van der Waals surface area (Å²) in [6, 6.07) is 0. The van der Waals surface area contributed by atoms with Gasteiger partial charge in [-0.25, -0.2) is 0 Å². The molecule has 0 heterocycles. The van der Waals surface area contributed by atoms with Crippen molar-refractivity contribution in [3.63, 3.8) is 0 Å². The van der Waals surface area contributed by atoms with Gasteiger partial charge >= 0.3 is 62.2 Å². The summed E-state index contributed by atoms with van der Waals surface area (Å²) >= 11 is -3.51. The quantitative estimate of drug-likeness (QED) is 0.680. The van der Waals surface area contributed by atoms with E-state index in [1.54, 1.807) is 0 Å². The van der Waals surface area contributed by atoms with Crippen molar-refractivity contribution >= 4 is 23.0 Å². The van der Waals surface area contributed by atoms with Crippen LogP contribution in [0.4, 0.5) is 0 Å². The molecule has 56 valence electrons. The third-order valence-corrected chi connectivity index (χ3v) is 8.77. The minimum atomic E-state index is -3.51. The average molecular weight is 331 g/mol. The predicted octanol–water partition coefficient (Wildman–Crippen LogP) is 0.00760. The van der Waals surface area contributed by atoms with Gasteiger partial charge in [-0.2, -0.15) is 0 Å². The summed E-state index contributed by atoms with van der Waals surface area (Å²) in [6.45, 7) is 0. The Bertz CT molecular complexity index is 55.5. The zero-order chi connectivity index (χ0) is 7.33. The molecule has 0 bridgehead atoms. The fourth-order valence-corrected chi connectivity index (χ4v) is 4.39. The maximum absolute atomic E-state index is 4.94. The molecule has 0 aliphatic rings. The molecule has 0 aromatic rings. The molecule has 0 aliphatic heterocycles. The van der Waals surface area contributed by atoms with Crippen LogP contribution in [0.5, 0.6) is 0 Å². The second-order valence-corrected chi connectivity index (χ2v) is 11.6. The van der Waals surface area contributed by atoms with Gasteiger partial charge in [0, 0.05) is 0 Å². The van der Waals surface area contributed by atoms with Gasteiger partial charge in [0.25, 0.3) is 0 Å². The Labute approximate surface area is 62.3 Å². The van der Waals surface area contributed by atoms with Crippen molar-refractivity contribution in [2.75, 3.05) is 28.4 Å². The van der Waals surface area contributed by atoms with Crippen LogP contribution >= 0.6 is 0 Å². The van der Waals surface area contributed by atoms with Gasteiger partial charge in [-0.3, -0.25) is 0 Å². The molecule has 5 heteroatoms. The van der Waals surface area contributed by atoms with Crippen LogP contribution in [0.2, 0.25) is 0 Å². The summed E-state index contributed by atoms with van der Waals surface area (Å²) in [5.41, 5.74) is 0. The number of hydrogen-bond acceptors (Lipinski definition) is 4. The van der Waals surface area contributed by atoms with Gasteiger partial charge in [-0.15, -0.1) is 0 Å². The Morgan fingerprint density at radius 2 is 0.889 bits per heavy atom. The summed E-state index contributed by atoms with van der Waals surface area (Å²) < 4.78 is 19.8.